The van der Waals surface area contributed by atoms with E-state index in [9.17, 15) is 8.78 Å². The molecule has 4 atom stereocenters. The van der Waals surface area contributed by atoms with Gasteiger partial charge in [-0.2, -0.15) is 0 Å². The molecule has 2 aliphatic carbocycles. The van der Waals surface area contributed by atoms with E-state index in [2.05, 4.69) is 53.4 Å². The molecule has 11 nitrogen and oxygen atoms in total. The number of nitrogens with two attached hydrogens (primary N) is 2. The van der Waals surface area contributed by atoms with E-state index in [1.807, 2.05) is 0 Å². The summed E-state index contributed by atoms with van der Waals surface area (Å²) in [5.41, 5.74) is 15.3. The molecule has 0 spiro atoms. The number of ketones is 1. The lowest BCUT2D eigenvalue weighted by atomic mass is 9.88. The molecule has 4 aromatic heterocycles. The van der Waals surface area contributed by atoms with Crippen LogP contribution in [0, 0.1) is 23.5 Å². The van der Waals surface area contributed by atoms with E-state index in [1.165, 1.54) is 21.9 Å². The summed E-state index contributed by atoms with van der Waals surface area (Å²) in [5, 5.41) is 0.771. The van der Waals surface area contributed by atoms with Gasteiger partial charge in [-0.25, -0.2) is 28.7 Å². The molecular formula is C45H60Cl2F2N10OS2. The van der Waals surface area contributed by atoms with Crippen molar-refractivity contribution in [1.82, 2.24) is 39.5 Å². The molecule has 0 saturated carbocycles. The highest BCUT2D eigenvalue weighted by atomic mass is 35.5. The lowest BCUT2D eigenvalue weighted by Crippen LogP contribution is -2.49. The average molecular weight is 930 g/mol. The Labute approximate surface area is 382 Å². The van der Waals surface area contributed by atoms with Crippen LogP contribution < -0.4 is 11.5 Å². The van der Waals surface area contributed by atoms with Crippen molar-refractivity contribution in [1.29, 1.82) is 0 Å². The van der Waals surface area contributed by atoms with Crippen molar-refractivity contribution in [3.63, 3.8) is 0 Å². The molecule has 2 unspecified atom stereocenters. The molecule has 62 heavy (non-hydrogen) atoms. The van der Waals surface area contributed by atoms with Gasteiger partial charge in [0.2, 0.25) is 0 Å². The third-order valence-corrected chi connectivity index (χ3v) is 16.1. The molecule has 0 amide bonds. The predicted molar refractivity (Wildman–Crippen MR) is 246 cm³/mol. The number of likely N-dealkylation sites (tertiary alicyclic amines) is 2. The number of anilines is 2. The molecule has 17 heteroatoms. The Morgan fingerprint density at radius 3 is 1.47 bits per heavy atom. The van der Waals surface area contributed by atoms with Crippen LogP contribution in [-0.4, -0.2) is 110 Å². The molecule has 2 aliphatic heterocycles. The summed E-state index contributed by atoms with van der Waals surface area (Å²) in [7, 11) is 0. The van der Waals surface area contributed by atoms with E-state index < -0.39 is 23.7 Å². The van der Waals surface area contributed by atoms with Crippen LogP contribution in [0.4, 0.5) is 19.0 Å². The molecule has 2 fully saturated rings. The van der Waals surface area contributed by atoms with Crippen molar-refractivity contribution in [3.8, 4) is 0 Å². The summed E-state index contributed by atoms with van der Waals surface area (Å²) >= 11 is 15.9. The Hall–Kier alpha value is -2.89. The highest BCUT2D eigenvalue weighted by Crippen LogP contribution is 2.38. The largest absolute Gasteiger partial charge is 0.375 e. The zero-order valence-corrected chi connectivity index (χ0v) is 39.0. The first-order chi connectivity index (χ1) is 30.0. The van der Waals surface area contributed by atoms with E-state index in [-0.39, 0.29) is 16.1 Å². The number of rotatable bonds is 16. The number of aryl methyl sites for hydroxylation is 2. The highest BCUT2D eigenvalue weighted by molar-refractivity contribution is 7.15. The molecule has 8 rings (SSSR count). The molecule has 2 saturated heterocycles. The molecule has 0 radical (unpaired) electrons. The van der Waals surface area contributed by atoms with Gasteiger partial charge in [0.05, 0.1) is 22.8 Å². The van der Waals surface area contributed by atoms with Crippen molar-refractivity contribution in [2.24, 2.45) is 11.8 Å². The molecule has 0 bridgehead atoms. The van der Waals surface area contributed by atoms with Gasteiger partial charge in [-0.3, -0.25) is 24.4 Å². The number of nitrogen functional groups attached to an aromatic ring is 2. The van der Waals surface area contributed by atoms with Gasteiger partial charge in [0.15, 0.2) is 38.0 Å². The van der Waals surface area contributed by atoms with Gasteiger partial charge in [-0.15, -0.1) is 22.7 Å². The van der Waals surface area contributed by atoms with Crippen molar-refractivity contribution in [3.05, 3.63) is 78.7 Å². The quantitative estimate of drug-likeness (QED) is 0.105. The van der Waals surface area contributed by atoms with E-state index in [0.29, 0.717) is 71.7 Å². The number of hydrogen-bond donors (Lipinski definition) is 2. The fourth-order valence-electron chi connectivity index (χ4n) is 10.6. The summed E-state index contributed by atoms with van der Waals surface area (Å²) in [6, 6.07) is 5.00. The number of pyridine rings is 2. The first kappa shape index (κ1) is 45.7. The Morgan fingerprint density at radius 1 is 0.694 bits per heavy atom. The van der Waals surface area contributed by atoms with Crippen molar-refractivity contribution in [2.45, 2.75) is 115 Å². The lowest BCUT2D eigenvalue weighted by molar-refractivity contribution is -0.132. The Morgan fingerprint density at radius 2 is 1.10 bits per heavy atom. The molecule has 6 heterocycles. The van der Waals surface area contributed by atoms with Crippen LogP contribution in [-0.2, 0) is 30.5 Å². The summed E-state index contributed by atoms with van der Waals surface area (Å²) in [6.07, 6.45) is 11.8. The SMILES string of the molecule is CCCN(CC1CCN([C@H](C(=O)[C@H](c2ccc(F)c(Cl)n2)N2CCC(CN(CCC)C3CCc4nc(N)sc4C3)CC2)c2ccc(F)c(Cl)n2)CC1)C1CCc2nc(N)sc2C1. The zero-order chi connectivity index (χ0) is 43.5. The Bertz CT molecular complexity index is 2010. The van der Waals surface area contributed by atoms with Crippen molar-refractivity contribution >= 4 is 61.9 Å². The van der Waals surface area contributed by atoms with Crippen LogP contribution in [0.15, 0.2) is 24.3 Å². The van der Waals surface area contributed by atoms with Crippen LogP contribution in [0.2, 0.25) is 10.3 Å². The topological polar surface area (TPSA) is 134 Å². The zero-order valence-electron chi connectivity index (χ0n) is 35.9. The number of hydrogen-bond acceptors (Lipinski definition) is 13. The van der Waals surface area contributed by atoms with E-state index >= 15 is 4.79 Å². The van der Waals surface area contributed by atoms with Crippen molar-refractivity contribution in [2.75, 3.05) is 63.8 Å². The van der Waals surface area contributed by atoms with Crippen LogP contribution in [0.1, 0.15) is 110 Å². The van der Waals surface area contributed by atoms with Gasteiger partial charge in [-0.1, -0.05) is 37.0 Å². The molecule has 4 aromatic rings. The van der Waals surface area contributed by atoms with Gasteiger partial charge in [0.1, 0.15) is 12.1 Å². The van der Waals surface area contributed by atoms with E-state index in [1.54, 1.807) is 34.8 Å². The summed E-state index contributed by atoms with van der Waals surface area (Å²) in [5.74, 6) is -0.529. The van der Waals surface area contributed by atoms with Crippen LogP contribution in [0.5, 0.6) is 0 Å². The van der Waals surface area contributed by atoms with Gasteiger partial charge in [0, 0.05) is 34.9 Å². The minimum absolute atomic E-state index is 0.142. The number of aromatic nitrogens is 4. The first-order valence-electron chi connectivity index (χ1n) is 22.6. The van der Waals surface area contributed by atoms with Crippen LogP contribution in [0.3, 0.4) is 0 Å². The maximum absolute atomic E-state index is 15.5. The number of carbonyl (C=O) groups is 1. The first-order valence-corrected chi connectivity index (χ1v) is 25.0. The van der Waals surface area contributed by atoms with Gasteiger partial charge >= 0.3 is 0 Å². The minimum atomic E-state index is -0.820. The van der Waals surface area contributed by atoms with Gasteiger partial charge < -0.3 is 11.5 Å². The third-order valence-electron chi connectivity index (χ3n) is 13.7. The number of nitrogens with zero attached hydrogens (tertiary/aromatic N) is 8. The number of halogens is 4. The predicted octanol–water partition coefficient (Wildman–Crippen LogP) is 8.45. The standard InChI is InChI=1S/C45H60Cl2F2N10OS2/c1-3-17-58(29-5-9-33-37(23-29)61-44(50)54-33)25-27-13-19-56(20-14-27)39(35-11-7-31(48)42(46)52-35)41(60)40(36-12-8-32(49)43(47)53-36)57-21-15-28(16-22-57)26-59(18-4-2)30-6-10-34-38(24-30)62-45(51)55-34/h7-8,11-12,27-30,39-40H,3-6,9-10,13-26H2,1-2H3,(H2,50,54)(H2,51,55)/t29?,30?,39-,40-/m0/s1. The molecule has 0 aromatic carbocycles. The van der Waals surface area contributed by atoms with Crippen molar-refractivity contribution < 1.29 is 13.6 Å². The summed E-state index contributed by atoms with van der Waals surface area (Å²) in [4.78, 5) is 45.9. The number of fused-ring (bicyclic) bond motifs is 2. The van der Waals surface area contributed by atoms with E-state index in [4.69, 9.17) is 34.7 Å². The summed E-state index contributed by atoms with van der Waals surface area (Å²) in [6.45, 7) is 11.2. The minimum Gasteiger partial charge on any atom is -0.375 e. The number of Topliss-reactive ketones (excluding diaryl/α,β-unsaturated/α-hetero) is 1. The van der Waals surface area contributed by atoms with Gasteiger partial charge in [0.25, 0.3) is 0 Å². The molecular weight excluding hydrogens is 870 g/mol. The second-order valence-corrected chi connectivity index (χ2v) is 20.8. The number of carbonyl (C=O) groups excluding carboxylic acids is 1. The fourth-order valence-corrected chi connectivity index (χ4v) is 12.8. The Balaban J connectivity index is 0.991. The fraction of sp³-hybridized carbons (Fsp3) is 0.622. The maximum atomic E-state index is 15.5. The van der Waals surface area contributed by atoms with E-state index in [0.717, 1.165) is 115 Å². The smallest absolute Gasteiger partial charge is 0.180 e. The van der Waals surface area contributed by atoms with Crippen LogP contribution in [0.25, 0.3) is 0 Å². The second-order valence-electron chi connectivity index (χ2n) is 17.8. The second kappa shape index (κ2) is 20.5. The monoisotopic (exact) mass is 928 g/mol. The third kappa shape index (κ3) is 10.5. The van der Waals surface area contributed by atoms with Crippen LogP contribution >= 0.6 is 45.9 Å². The lowest BCUT2D eigenvalue weighted by Gasteiger charge is -2.43. The molecule has 4 aliphatic rings. The number of piperidine rings is 2. The highest BCUT2D eigenvalue weighted by Gasteiger charge is 2.42. The summed E-state index contributed by atoms with van der Waals surface area (Å²) < 4.78 is 29.3. The average Bonchev–Trinajstić information content (AvgIpc) is 3.84. The molecule has 336 valence electrons. The molecule has 4 N–H and O–H groups in total. The normalized spacial score (nSPS) is 21.6. The number of thiazole rings is 2. The van der Waals surface area contributed by atoms with Gasteiger partial charge in [-0.05, 0) is 152 Å². The Kier molecular flexibility index (Phi) is 15.1. The maximum Gasteiger partial charge on any atom is 0.180 e.